The highest BCUT2D eigenvalue weighted by Crippen LogP contribution is 2.36. The predicted octanol–water partition coefficient (Wildman–Crippen LogP) is 15.6. The molecule has 2 heteroatoms. The largest absolute Gasteiger partial charge is 0.461 e. The molecule has 0 saturated carbocycles. The second-order valence-electron chi connectivity index (χ2n) is 14.7. The molecule has 0 aliphatic carbocycles. The number of benzene rings is 4. The number of fused-ring (bicyclic) bond motifs is 7. The van der Waals surface area contributed by atoms with Crippen molar-refractivity contribution >= 4 is 54.3 Å². The average molecular weight is 645 g/mol. The number of aryl methyl sites for hydroxylation is 2. The lowest BCUT2D eigenvalue weighted by Crippen LogP contribution is -1.84. The van der Waals surface area contributed by atoms with Crippen LogP contribution in [0.1, 0.15) is 154 Å². The molecular formula is C46H60O2. The maximum Gasteiger partial charge on any atom is 0.134 e. The lowest BCUT2D eigenvalue weighted by Gasteiger charge is -2.08. The molecule has 4 aromatic carbocycles. The zero-order valence-electron chi connectivity index (χ0n) is 30.1. The summed E-state index contributed by atoms with van der Waals surface area (Å²) in [5, 5.41) is 10.1. The van der Waals surface area contributed by atoms with E-state index in [4.69, 9.17) is 8.83 Å². The van der Waals surface area contributed by atoms with E-state index in [9.17, 15) is 0 Å². The highest BCUT2D eigenvalue weighted by Gasteiger charge is 2.12. The molecule has 0 atom stereocenters. The first-order valence-electron chi connectivity index (χ1n) is 20.0. The molecule has 6 aromatic rings. The molecule has 0 spiro atoms. The third-order valence-corrected chi connectivity index (χ3v) is 10.8. The molecule has 0 fully saturated rings. The highest BCUT2D eigenvalue weighted by atomic mass is 16.3. The van der Waals surface area contributed by atoms with E-state index in [0.29, 0.717) is 0 Å². The van der Waals surface area contributed by atoms with Gasteiger partial charge in [0.1, 0.15) is 22.7 Å². The molecule has 2 aromatic heterocycles. The SMILES string of the molecule is CCCCCCCCCCCCc1cc2cc3ccc4c5cc6oc(CCCCCCCCCCCC)cc6cc5ccc4c3cc2o1. The Bertz CT molecular complexity index is 1730. The van der Waals surface area contributed by atoms with Crippen LogP contribution in [0.3, 0.4) is 0 Å². The van der Waals surface area contributed by atoms with E-state index < -0.39 is 0 Å². The molecule has 0 saturated heterocycles. The maximum atomic E-state index is 6.42. The van der Waals surface area contributed by atoms with Gasteiger partial charge in [0.25, 0.3) is 0 Å². The molecule has 48 heavy (non-hydrogen) atoms. The van der Waals surface area contributed by atoms with Crippen LogP contribution in [0, 0.1) is 0 Å². The molecule has 0 radical (unpaired) electrons. The molecule has 0 N–H and O–H groups in total. The van der Waals surface area contributed by atoms with Gasteiger partial charge in [0.2, 0.25) is 0 Å². The van der Waals surface area contributed by atoms with Crippen LogP contribution in [0.5, 0.6) is 0 Å². The molecule has 256 valence electrons. The standard InChI is InChI=1S/C46H60O2/c1-3-5-7-9-11-13-15-17-19-21-23-39-31-37-29-35-25-27-42-41(43(35)33-45(37)47-39)28-26-36-30-38-32-40(48-46(38)34-44(36)42)24-22-20-18-16-14-12-10-8-6-4-2/h25-34H,3-24H2,1-2H3. The summed E-state index contributed by atoms with van der Waals surface area (Å²) in [5.74, 6) is 2.26. The molecular weight excluding hydrogens is 585 g/mol. The summed E-state index contributed by atoms with van der Waals surface area (Å²) >= 11 is 0. The summed E-state index contributed by atoms with van der Waals surface area (Å²) in [7, 11) is 0. The second kappa shape index (κ2) is 17.9. The third kappa shape index (κ3) is 9.04. The predicted molar refractivity (Wildman–Crippen MR) is 210 cm³/mol. The van der Waals surface area contributed by atoms with E-state index in [1.165, 1.54) is 172 Å². The monoisotopic (exact) mass is 644 g/mol. The number of hydrogen-bond acceptors (Lipinski definition) is 2. The van der Waals surface area contributed by atoms with Crippen molar-refractivity contribution in [3.05, 3.63) is 72.2 Å². The minimum atomic E-state index is 1.01. The van der Waals surface area contributed by atoms with Crippen molar-refractivity contribution in [2.24, 2.45) is 0 Å². The lowest BCUT2D eigenvalue weighted by molar-refractivity contribution is 0.515. The van der Waals surface area contributed by atoms with Gasteiger partial charge in [-0.1, -0.05) is 154 Å². The summed E-state index contributed by atoms with van der Waals surface area (Å²) in [4.78, 5) is 0. The quantitative estimate of drug-likeness (QED) is 0.0543. The topological polar surface area (TPSA) is 26.3 Å². The summed E-state index contributed by atoms with van der Waals surface area (Å²) in [6.45, 7) is 4.58. The van der Waals surface area contributed by atoms with Gasteiger partial charge >= 0.3 is 0 Å². The third-order valence-electron chi connectivity index (χ3n) is 10.8. The Morgan fingerprint density at radius 2 is 0.688 bits per heavy atom. The van der Waals surface area contributed by atoms with Crippen LogP contribution in [0.4, 0.5) is 0 Å². The first kappa shape index (κ1) is 34.6. The summed E-state index contributed by atoms with van der Waals surface area (Å²) in [6.07, 6.45) is 29.3. The molecule has 0 bridgehead atoms. The Hall–Kier alpha value is -3.26. The van der Waals surface area contributed by atoms with Gasteiger partial charge in [-0.3, -0.25) is 0 Å². The van der Waals surface area contributed by atoms with Crippen molar-refractivity contribution in [2.75, 3.05) is 0 Å². The van der Waals surface area contributed by atoms with Crippen molar-refractivity contribution in [3.63, 3.8) is 0 Å². The van der Waals surface area contributed by atoms with Crippen LogP contribution in [-0.4, -0.2) is 0 Å². The summed E-state index contributed by atoms with van der Waals surface area (Å²) in [6, 6.07) is 22.9. The molecule has 2 heterocycles. The fourth-order valence-corrected chi connectivity index (χ4v) is 7.88. The Labute approximate surface area is 289 Å². The van der Waals surface area contributed by atoms with Crippen molar-refractivity contribution in [2.45, 2.75) is 155 Å². The van der Waals surface area contributed by atoms with Gasteiger partial charge in [-0.25, -0.2) is 0 Å². The van der Waals surface area contributed by atoms with Crippen molar-refractivity contribution in [1.29, 1.82) is 0 Å². The van der Waals surface area contributed by atoms with Gasteiger partial charge in [-0.05, 0) is 81.6 Å². The Kier molecular flexibility index (Phi) is 12.9. The summed E-state index contributed by atoms with van der Waals surface area (Å²) < 4.78 is 12.8. The van der Waals surface area contributed by atoms with E-state index in [-0.39, 0.29) is 0 Å². The number of furan rings is 2. The van der Waals surface area contributed by atoms with Crippen LogP contribution in [0.15, 0.2) is 69.5 Å². The molecule has 0 amide bonds. The fourth-order valence-electron chi connectivity index (χ4n) is 7.88. The molecule has 0 aliphatic heterocycles. The van der Waals surface area contributed by atoms with Gasteiger partial charge < -0.3 is 8.83 Å². The maximum absolute atomic E-state index is 6.42. The van der Waals surface area contributed by atoms with E-state index in [2.05, 4.69) is 74.5 Å². The van der Waals surface area contributed by atoms with Gasteiger partial charge in [0.05, 0.1) is 0 Å². The number of hydrogen-bond donors (Lipinski definition) is 0. The second-order valence-corrected chi connectivity index (χ2v) is 14.7. The van der Waals surface area contributed by atoms with E-state index in [1.54, 1.807) is 0 Å². The zero-order valence-corrected chi connectivity index (χ0v) is 30.1. The van der Waals surface area contributed by atoms with Gasteiger partial charge in [-0.2, -0.15) is 0 Å². The molecule has 6 rings (SSSR count). The van der Waals surface area contributed by atoms with E-state index in [0.717, 1.165) is 35.5 Å². The number of unbranched alkanes of at least 4 members (excludes halogenated alkanes) is 18. The van der Waals surface area contributed by atoms with Crippen LogP contribution >= 0.6 is 0 Å². The Morgan fingerprint density at radius 1 is 0.333 bits per heavy atom. The minimum Gasteiger partial charge on any atom is -0.461 e. The average Bonchev–Trinajstić information content (AvgIpc) is 3.70. The zero-order chi connectivity index (χ0) is 33.0. The summed E-state index contributed by atoms with van der Waals surface area (Å²) in [5.41, 5.74) is 2.02. The normalized spacial score (nSPS) is 12.1. The molecule has 0 aliphatic rings. The molecule has 2 nitrogen and oxygen atoms in total. The first-order chi connectivity index (χ1) is 23.7. The van der Waals surface area contributed by atoms with Gasteiger partial charge in [-0.15, -0.1) is 0 Å². The van der Waals surface area contributed by atoms with Gasteiger partial charge in [0, 0.05) is 23.6 Å². The van der Waals surface area contributed by atoms with Crippen molar-refractivity contribution in [3.8, 4) is 0 Å². The van der Waals surface area contributed by atoms with Crippen molar-refractivity contribution in [1.82, 2.24) is 0 Å². The van der Waals surface area contributed by atoms with Crippen LogP contribution in [0.2, 0.25) is 0 Å². The van der Waals surface area contributed by atoms with E-state index in [1.807, 2.05) is 0 Å². The lowest BCUT2D eigenvalue weighted by atomic mass is 9.96. The van der Waals surface area contributed by atoms with E-state index >= 15 is 0 Å². The van der Waals surface area contributed by atoms with Crippen LogP contribution in [0.25, 0.3) is 54.3 Å². The highest BCUT2D eigenvalue weighted by molar-refractivity contribution is 6.20. The number of rotatable bonds is 22. The Morgan fingerprint density at radius 3 is 1.06 bits per heavy atom. The fraction of sp³-hybridized carbons (Fsp3) is 0.522. The molecule has 0 unspecified atom stereocenters. The van der Waals surface area contributed by atoms with Crippen LogP contribution in [-0.2, 0) is 12.8 Å². The minimum absolute atomic E-state index is 1.01. The smallest absolute Gasteiger partial charge is 0.134 e. The first-order valence-corrected chi connectivity index (χ1v) is 20.0. The Balaban J connectivity index is 1.07. The van der Waals surface area contributed by atoms with Crippen LogP contribution < -0.4 is 0 Å². The van der Waals surface area contributed by atoms with Crippen molar-refractivity contribution < 1.29 is 8.83 Å². The van der Waals surface area contributed by atoms with Gasteiger partial charge in [0.15, 0.2) is 0 Å².